The SMILES string of the molecule is COCCNC(=O)c1ccc(-n2ccc3cc(C(=O)N4CCC(F)CC4)cnc32)cc1. The van der Waals surface area contributed by atoms with Gasteiger partial charge in [0, 0.05) is 55.8 Å². The van der Waals surface area contributed by atoms with Gasteiger partial charge in [0.05, 0.1) is 12.2 Å². The van der Waals surface area contributed by atoms with E-state index in [0.717, 1.165) is 16.7 Å². The number of pyridine rings is 1. The molecular weight excluding hydrogens is 399 g/mol. The lowest BCUT2D eigenvalue weighted by molar-refractivity contribution is 0.0666. The Hall–Kier alpha value is -3.26. The monoisotopic (exact) mass is 424 g/mol. The van der Waals surface area contributed by atoms with Crippen LogP contribution in [0.25, 0.3) is 16.7 Å². The summed E-state index contributed by atoms with van der Waals surface area (Å²) < 4.78 is 20.2. The van der Waals surface area contributed by atoms with E-state index in [4.69, 9.17) is 4.74 Å². The Bertz CT molecular complexity index is 1070. The van der Waals surface area contributed by atoms with Gasteiger partial charge in [-0.1, -0.05) is 0 Å². The number of likely N-dealkylation sites (tertiary alicyclic amines) is 1. The summed E-state index contributed by atoms with van der Waals surface area (Å²) in [6.45, 7) is 1.79. The first kappa shape index (κ1) is 21.0. The highest BCUT2D eigenvalue weighted by molar-refractivity contribution is 5.97. The summed E-state index contributed by atoms with van der Waals surface area (Å²) in [5.74, 6) is -0.267. The number of fused-ring (bicyclic) bond motifs is 1. The second-order valence-electron chi connectivity index (χ2n) is 7.58. The topological polar surface area (TPSA) is 76.5 Å². The number of carbonyl (C=O) groups is 2. The predicted octanol–water partition coefficient (Wildman–Crippen LogP) is 2.98. The van der Waals surface area contributed by atoms with Crippen LogP contribution < -0.4 is 5.32 Å². The first-order chi connectivity index (χ1) is 15.1. The third-order valence-corrected chi connectivity index (χ3v) is 5.48. The molecule has 4 rings (SSSR count). The summed E-state index contributed by atoms with van der Waals surface area (Å²) >= 11 is 0. The zero-order valence-electron chi connectivity index (χ0n) is 17.4. The highest BCUT2D eigenvalue weighted by Crippen LogP contribution is 2.22. The standard InChI is InChI=1S/C23H25FN4O3/c1-31-13-9-25-22(29)16-2-4-20(5-3-16)28-12-6-17-14-18(15-26-21(17)28)23(30)27-10-7-19(24)8-11-27/h2-6,12,14-15,19H,7-11,13H2,1H3,(H,25,29). The Labute approximate surface area is 179 Å². The number of piperidine rings is 1. The zero-order valence-corrected chi connectivity index (χ0v) is 17.4. The zero-order chi connectivity index (χ0) is 21.8. The first-order valence-electron chi connectivity index (χ1n) is 10.3. The number of nitrogens with one attached hydrogen (secondary N) is 1. The van der Waals surface area contributed by atoms with Crippen molar-refractivity contribution in [1.29, 1.82) is 0 Å². The van der Waals surface area contributed by atoms with Gasteiger partial charge in [0.1, 0.15) is 11.8 Å². The number of aromatic nitrogens is 2. The Kier molecular flexibility index (Phi) is 6.27. The Morgan fingerprint density at radius 2 is 1.90 bits per heavy atom. The van der Waals surface area contributed by atoms with Gasteiger partial charge < -0.3 is 19.5 Å². The van der Waals surface area contributed by atoms with Crippen LogP contribution in [-0.4, -0.2) is 65.8 Å². The number of hydrogen-bond donors (Lipinski definition) is 1. The fourth-order valence-electron chi connectivity index (χ4n) is 3.72. The van der Waals surface area contributed by atoms with Gasteiger partial charge >= 0.3 is 0 Å². The Morgan fingerprint density at radius 1 is 1.16 bits per heavy atom. The van der Waals surface area contributed by atoms with E-state index in [1.165, 1.54) is 0 Å². The molecule has 0 atom stereocenters. The van der Waals surface area contributed by atoms with Crippen molar-refractivity contribution in [2.24, 2.45) is 0 Å². The van der Waals surface area contributed by atoms with Crippen LogP contribution in [0, 0.1) is 0 Å². The fraction of sp³-hybridized carbons (Fsp3) is 0.348. The van der Waals surface area contributed by atoms with Crippen LogP contribution in [0.3, 0.4) is 0 Å². The number of halogens is 1. The third-order valence-electron chi connectivity index (χ3n) is 5.48. The summed E-state index contributed by atoms with van der Waals surface area (Å²) in [7, 11) is 1.59. The molecule has 1 N–H and O–H groups in total. The molecule has 8 heteroatoms. The largest absolute Gasteiger partial charge is 0.383 e. The van der Waals surface area contributed by atoms with Crippen LogP contribution in [0.15, 0.2) is 48.8 Å². The molecule has 3 aromatic rings. The number of methoxy groups -OCH3 is 1. The number of benzene rings is 1. The molecule has 1 aliphatic rings. The average Bonchev–Trinajstić information content (AvgIpc) is 3.22. The van der Waals surface area contributed by atoms with E-state index < -0.39 is 6.17 Å². The molecule has 1 fully saturated rings. The molecule has 162 valence electrons. The minimum Gasteiger partial charge on any atom is -0.383 e. The van der Waals surface area contributed by atoms with Crippen molar-refractivity contribution in [3.63, 3.8) is 0 Å². The van der Waals surface area contributed by atoms with Crippen LogP contribution in [0.5, 0.6) is 0 Å². The van der Waals surface area contributed by atoms with Crippen LogP contribution in [0.1, 0.15) is 33.6 Å². The molecule has 3 heterocycles. The summed E-state index contributed by atoms with van der Waals surface area (Å²) in [6.07, 6.45) is 3.41. The van der Waals surface area contributed by atoms with Gasteiger partial charge in [0.15, 0.2) is 0 Å². The smallest absolute Gasteiger partial charge is 0.255 e. The molecule has 0 aliphatic carbocycles. The van der Waals surface area contributed by atoms with Crippen LogP contribution in [-0.2, 0) is 4.74 Å². The molecule has 1 aliphatic heterocycles. The van der Waals surface area contributed by atoms with E-state index >= 15 is 0 Å². The van der Waals surface area contributed by atoms with Crippen molar-refractivity contribution in [2.75, 3.05) is 33.4 Å². The van der Waals surface area contributed by atoms with E-state index in [9.17, 15) is 14.0 Å². The number of hydrogen-bond acceptors (Lipinski definition) is 4. The third kappa shape index (κ3) is 4.59. The van der Waals surface area contributed by atoms with Gasteiger partial charge in [-0.2, -0.15) is 0 Å². The summed E-state index contributed by atoms with van der Waals surface area (Å²) in [6, 6.07) is 10.9. The second kappa shape index (κ2) is 9.26. The van der Waals surface area contributed by atoms with Gasteiger partial charge in [-0.15, -0.1) is 0 Å². The molecule has 1 aromatic carbocycles. The summed E-state index contributed by atoms with van der Waals surface area (Å²) in [4.78, 5) is 31.1. The lowest BCUT2D eigenvalue weighted by Gasteiger charge is -2.28. The molecule has 0 bridgehead atoms. The van der Waals surface area contributed by atoms with Gasteiger partial charge in [-0.3, -0.25) is 9.59 Å². The molecule has 0 saturated carbocycles. The van der Waals surface area contributed by atoms with Crippen molar-refractivity contribution < 1.29 is 18.7 Å². The Balaban J connectivity index is 1.50. The van der Waals surface area contributed by atoms with E-state index in [2.05, 4.69) is 10.3 Å². The molecular formula is C23H25FN4O3. The first-order valence-corrected chi connectivity index (χ1v) is 10.3. The second-order valence-corrected chi connectivity index (χ2v) is 7.58. The maximum Gasteiger partial charge on any atom is 0.255 e. The quantitative estimate of drug-likeness (QED) is 0.618. The summed E-state index contributed by atoms with van der Waals surface area (Å²) in [5, 5.41) is 3.63. The summed E-state index contributed by atoms with van der Waals surface area (Å²) in [5.41, 5.74) is 2.65. The van der Waals surface area contributed by atoms with Gasteiger partial charge in [0.2, 0.25) is 0 Å². The number of carbonyl (C=O) groups excluding carboxylic acids is 2. The fourth-order valence-corrected chi connectivity index (χ4v) is 3.72. The normalized spacial score (nSPS) is 14.7. The van der Waals surface area contributed by atoms with E-state index in [-0.39, 0.29) is 11.8 Å². The number of alkyl halides is 1. The molecule has 2 aromatic heterocycles. The van der Waals surface area contributed by atoms with E-state index in [0.29, 0.717) is 50.2 Å². The van der Waals surface area contributed by atoms with Crippen molar-refractivity contribution in [3.05, 3.63) is 59.9 Å². The van der Waals surface area contributed by atoms with Crippen molar-refractivity contribution >= 4 is 22.8 Å². The van der Waals surface area contributed by atoms with E-state index in [1.807, 2.05) is 35.0 Å². The molecule has 2 amide bonds. The highest BCUT2D eigenvalue weighted by atomic mass is 19.1. The number of rotatable bonds is 6. The van der Waals surface area contributed by atoms with Gasteiger partial charge in [-0.05, 0) is 49.2 Å². The van der Waals surface area contributed by atoms with Crippen LogP contribution >= 0.6 is 0 Å². The predicted molar refractivity (Wildman–Crippen MR) is 115 cm³/mol. The van der Waals surface area contributed by atoms with Crippen molar-refractivity contribution in [2.45, 2.75) is 19.0 Å². The minimum absolute atomic E-state index is 0.113. The van der Waals surface area contributed by atoms with Crippen LogP contribution in [0.2, 0.25) is 0 Å². The molecule has 0 spiro atoms. The maximum atomic E-state index is 13.4. The number of nitrogens with zero attached hydrogens (tertiary/aromatic N) is 3. The molecule has 0 unspecified atom stereocenters. The lowest BCUT2D eigenvalue weighted by atomic mass is 10.1. The molecule has 0 radical (unpaired) electrons. The highest BCUT2D eigenvalue weighted by Gasteiger charge is 2.23. The molecule has 7 nitrogen and oxygen atoms in total. The molecule has 31 heavy (non-hydrogen) atoms. The van der Waals surface area contributed by atoms with Crippen LogP contribution in [0.4, 0.5) is 4.39 Å². The van der Waals surface area contributed by atoms with Gasteiger partial charge in [0.25, 0.3) is 11.8 Å². The molecule has 1 saturated heterocycles. The Morgan fingerprint density at radius 3 is 2.61 bits per heavy atom. The maximum absolute atomic E-state index is 13.4. The van der Waals surface area contributed by atoms with Crippen molar-refractivity contribution in [1.82, 2.24) is 19.8 Å². The van der Waals surface area contributed by atoms with E-state index in [1.54, 1.807) is 30.3 Å². The average molecular weight is 424 g/mol. The number of ether oxygens (including phenoxy) is 1. The minimum atomic E-state index is -0.818. The number of amides is 2. The lowest BCUT2D eigenvalue weighted by Crippen LogP contribution is -2.39. The van der Waals surface area contributed by atoms with Gasteiger partial charge in [-0.25, -0.2) is 9.37 Å². The van der Waals surface area contributed by atoms with Crippen molar-refractivity contribution in [3.8, 4) is 5.69 Å².